The van der Waals surface area contributed by atoms with Gasteiger partial charge < -0.3 is 10.8 Å². The standard InChI is InChI=1S/C2H2N2O.C2H5NO2/c1-2-4-5-3-1;3-1-2(4)5/h1-2H;1,3H2,(H,4,5). The maximum absolute atomic E-state index is 9.24. The van der Waals surface area contributed by atoms with Crippen LogP contribution in [0.5, 0.6) is 0 Å². The van der Waals surface area contributed by atoms with Gasteiger partial charge in [0.2, 0.25) is 0 Å². The van der Waals surface area contributed by atoms with Crippen LogP contribution < -0.4 is 5.73 Å². The highest BCUT2D eigenvalue weighted by molar-refractivity contribution is 5.68. The lowest BCUT2D eigenvalue weighted by molar-refractivity contribution is -0.135. The highest BCUT2D eigenvalue weighted by Gasteiger charge is 1.81. The zero-order chi connectivity index (χ0) is 7.82. The van der Waals surface area contributed by atoms with Crippen LogP contribution in [-0.2, 0) is 4.79 Å². The highest BCUT2D eigenvalue weighted by Crippen LogP contribution is 1.62. The lowest BCUT2D eigenvalue weighted by Crippen LogP contribution is -2.10. The smallest absolute Gasteiger partial charge is 0.317 e. The zero-order valence-corrected chi connectivity index (χ0v) is 5.10. The van der Waals surface area contributed by atoms with Crippen LogP contribution >= 0.6 is 0 Å². The highest BCUT2D eigenvalue weighted by atomic mass is 16.6. The van der Waals surface area contributed by atoms with E-state index in [2.05, 4.69) is 20.7 Å². The van der Waals surface area contributed by atoms with Gasteiger partial charge in [0.25, 0.3) is 0 Å². The Hall–Kier alpha value is -1.43. The van der Waals surface area contributed by atoms with Crippen molar-refractivity contribution in [2.45, 2.75) is 0 Å². The number of aliphatic carboxylic acids is 1. The molecule has 0 fully saturated rings. The first kappa shape index (κ1) is 8.57. The predicted molar refractivity (Wildman–Crippen MR) is 31.0 cm³/mol. The summed E-state index contributed by atoms with van der Waals surface area (Å²) < 4.78 is 4.08. The van der Waals surface area contributed by atoms with Crippen molar-refractivity contribution in [3.05, 3.63) is 12.4 Å². The molecule has 0 spiro atoms. The van der Waals surface area contributed by atoms with Gasteiger partial charge in [-0.2, -0.15) is 0 Å². The van der Waals surface area contributed by atoms with Gasteiger partial charge in [0.05, 0.1) is 18.9 Å². The third-order valence-electron chi connectivity index (χ3n) is 0.457. The fourth-order valence-electron chi connectivity index (χ4n) is 0.136. The summed E-state index contributed by atoms with van der Waals surface area (Å²) in [4.78, 5) is 9.24. The number of aromatic nitrogens is 2. The minimum Gasteiger partial charge on any atom is -0.480 e. The summed E-state index contributed by atoms with van der Waals surface area (Å²) in [7, 11) is 0. The molecule has 0 aromatic carbocycles. The van der Waals surface area contributed by atoms with Crippen molar-refractivity contribution < 1.29 is 14.5 Å². The fraction of sp³-hybridized carbons (Fsp3) is 0.250. The first-order valence-corrected chi connectivity index (χ1v) is 2.40. The second kappa shape index (κ2) is 5.70. The predicted octanol–water partition coefficient (Wildman–Crippen LogP) is -0.901. The SMILES string of the molecule is NCC(=O)O.c1cnon1. The molecule has 0 aliphatic rings. The Kier molecular flexibility index (Phi) is 4.89. The Labute approximate surface area is 56.6 Å². The van der Waals surface area contributed by atoms with Crippen molar-refractivity contribution in [2.24, 2.45) is 5.73 Å². The summed E-state index contributed by atoms with van der Waals surface area (Å²) in [6.07, 6.45) is 2.94. The van der Waals surface area contributed by atoms with Gasteiger partial charge in [0, 0.05) is 0 Å². The summed E-state index contributed by atoms with van der Waals surface area (Å²) >= 11 is 0. The molecule has 0 saturated carbocycles. The van der Waals surface area contributed by atoms with E-state index < -0.39 is 5.97 Å². The van der Waals surface area contributed by atoms with Gasteiger partial charge in [0.15, 0.2) is 0 Å². The molecule has 1 aromatic rings. The first-order valence-electron chi connectivity index (χ1n) is 2.40. The Morgan fingerprint density at radius 3 is 2.10 bits per heavy atom. The Bertz CT molecular complexity index is 145. The molecule has 3 N–H and O–H groups in total. The van der Waals surface area contributed by atoms with Gasteiger partial charge in [-0.25, -0.2) is 4.63 Å². The van der Waals surface area contributed by atoms with Crippen LogP contribution in [0.1, 0.15) is 0 Å². The van der Waals surface area contributed by atoms with Gasteiger partial charge in [-0.15, -0.1) is 0 Å². The average Bonchev–Trinajstić information content (AvgIpc) is 2.43. The molecule has 0 bridgehead atoms. The topological polar surface area (TPSA) is 102 Å². The summed E-state index contributed by atoms with van der Waals surface area (Å²) in [6, 6.07) is 0. The van der Waals surface area contributed by atoms with E-state index in [-0.39, 0.29) is 6.54 Å². The number of rotatable bonds is 1. The zero-order valence-electron chi connectivity index (χ0n) is 5.10. The average molecular weight is 145 g/mol. The minimum absolute atomic E-state index is 0.278. The monoisotopic (exact) mass is 145 g/mol. The second-order valence-corrected chi connectivity index (χ2v) is 1.19. The molecule has 6 heteroatoms. The largest absolute Gasteiger partial charge is 0.480 e. The number of carboxylic acids is 1. The molecule has 0 radical (unpaired) electrons. The number of nitrogens with two attached hydrogens (primary N) is 1. The van der Waals surface area contributed by atoms with Crippen LogP contribution in [0.25, 0.3) is 0 Å². The number of hydrogen-bond acceptors (Lipinski definition) is 5. The van der Waals surface area contributed by atoms with E-state index in [1.807, 2.05) is 0 Å². The quantitative estimate of drug-likeness (QED) is 0.530. The summed E-state index contributed by atoms with van der Waals surface area (Å²) in [5.41, 5.74) is 4.57. The molecule has 10 heavy (non-hydrogen) atoms. The van der Waals surface area contributed by atoms with Crippen LogP contribution in [-0.4, -0.2) is 27.9 Å². The second-order valence-electron chi connectivity index (χ2n) is 1.19. The molecule has 0 aliphatic heterocycles. The van der Waals surface area contributed by atoms with E-state index in [0.717, 1.165) is 0 Å². The number of nitrogens with zero attached hydrogens (tertiary/aromatic N) is 2. The lowest BCUT2D eigenvalue weighted by atomic mass is 10.7. The van der Waals surface area contributed by atoms with E-state index in [9.17, 15) is 4.79 Å². The summed E-state index contributed by atoms with van der Waals surface area (Å²) in [5, 5.41) is 14.1. The van der Waals surface area contributed by atoms with Gasteiger partial charge in [0.1, 0.15) is 0 Å². The van der Waals surface area contributed by atoms with Crippen LogP contribution in [0, 0.1) is 0 Å². The molecule has 1 rings (SSSR count). The van der Waals surface area contributed by atoms with Crippen molar-refractivity contribution in [3.63, 3.8) is 0 Å². The molecule has 6 nitrogen and oxygen atoms in total. The molecule has 0 atom stereocenters. The summed E-state index contributed by atoms with van der Waals surface area (Å²) in [6.45, 7) is -0.278. The van der Waals surface area contributed by atoms with Crippen molar-refractivity contribution in [2.75, 3.05) is 6.54 Å². The van der Waals surface area contributed by atoms with Crippen molar-refractivity contribution >= 4 is 5.97 Å². The van der Waals surface area contributed by atoms with Crippen LogP contribution in [0.2, 0.25) is 0 Å². The van der Waals surface area contributed by atoms with Crippen LogP contribution in [0.4, 0.5) is 0 Å². The van der Waals surface area contributed by atoms with Gasteiger partial charge in [-0.3, -0.25) is 4.79 Å². The normalized spacial score (nSPS) is 7.70. The molecule has 0 saturated heterocycles. The van der Waals surface area contributed by atoms with Gasteiger partial charge >= 0.3 is 5.97 Å². The Morgan fingerprint density at radius 2 is 2.00 bits per heavy atom. The first-order chi connectivity index (χ1) is 4.77. The van der Waals surface area contributed by atoms with Crippen molar-refractivity contribution in [3.8, 4) is 0 Å². The van der Waals surface area contributed by atoms with Crippen LogP contribution in [0.15, 0.2) is 17.0 Å². The fourth-order valence-corrected chi connectivity index (χ4v) is 0.136. The Balaban J connectivity index is 0.000000162. The molecular formula is C4H7N3O3. The Morgan fingerprint density at radius 1 is 1.60 bits per heavy atom. The third-order valence-corrected chi connectivity index (χ3v) is 0.457. The van der Waals surface area contributed by atoms with E-state index in [1.54, 1.807) is 0 Å². The van der Waals surface area contributed by atoms with Crippen LogP contribution in [0.3, 0.4) is 0 Å². The number of carbonyl (C=O) groups is 1. The maximum atomic E-state index is 9.24. The van der Waals surface area contributed by atoms with E-state index in [0.29, 0.717) is 0 Å². The van der Waals surface area contributed by atoms with E-state index >= 15 is 0 Å². The molecule has 0 amide bonds. The van der Waals surface area contributed by atoms with E-state index in [4.69, 9.17) is 5.11 Å². The molecule has 1 aromatic heterocycles. The molecule has 0 aliphatic carbocycles. The third kappa shape index (κ3) is 6.57. The van der Waals surface area contributed by atoms with Crippen molar-refractivity contribution in [1.29, 1.82) is 0 Å². The lowest BCUT2D eigenvalue weighted by Gasteiger charge is -1.73. The molecule has 56 valence electrons. The maximum Gasteiger partial charge on any atom is 0.317 e. The molecule has 1 heterocycles. The molecular weight excluding hydrogens is 138 g/mol. The summed E-state index contributed by atoms with van der Waals surface area (Å²) in [5.74, 6) is -0.968. The number of hydrogen-bond donors (Lipinski definition) is 2. The van der Waals surface area contributed by atoms with E-state index in [1.165, 1.54) is 12.4 Å². The van der Waals surface area contributed by atoms with Gasteiger partial charge in [-0.05, 0) is 0 Å². The molecule has 0 unspecified atom stereocenters. The van der Waals surface area contributed by atoms with Gasteiger partial charge in [-0.1, -0.05) is 10.3 Å². The minimum atomic E-state index is -0.968. The number of carboxylic acid groups (broad SMARTS) is 1. The van der Waals surface area contributed by atoms with Crippen molar-refractivity contribution in [1.82, 2.24) is 10.3 Å².